The first-order chi connectivity index (χ1) is 22.3. The van der Waals surface area contributed by atoms with Crippen LogP contribution in [0.5, 0.6) is 11.5 Å². The molecule has 1 aliphatic rings. The number of carbonyl (C=O) groups excluding carboxylic acids is 2. The van der Waals surface area contributed by atoms with Crippen molar-refractivity contribution in [1.82, 2.24) is 10.2 Å². The third-order valence-corrected chi connectivity index (χ3v) is 10.3. The summed E-state index contributed by atoms with van der Waals surface area (Å²) in [5, 5.41) is 14.9. The first kappa shape index (κ1) is 35.5. The maximum atomic E-state index is 14.3. The van der Waals surface area contributed by atoms with Crippen molar-refractivity contribution < 1.29 is 32.4 Å². The molecule has 1 atom stereocenters. The zero-order valence-corrected chi connectivity index (χ0v) is 28.3. The number of anilines is 1. The Morgan fingerprint density at radius 3 is 2.32 bits per heavy atom. The first-order valence-corrected chi connectivity index (χ1v) is 17.0. The van der Waals surface area contributed by atoms with Gasteiger partial charge in [0.15, 0.2) is 0 Å². The lowest BCUT2D eigenvalue weighted by Gasteiger charge is -2.33. The van der Waals surface area contributed by atoms with E-state index >= 15 is 0 Å². The lowest BCUT2D eigenvalue weighted by atomic mass is 9.95. The van der Waals surface area contributed by atoms with Crippen molar-refractivity contribution in [3.05, 3.63) is 86.9 Å². The van der Waals surface area contributed by atoms with Crippen molar-refractivity contribution in [2.24, 2.45) is 0 Å². The van der Waals surface area contributed by atoms with E-state index in [-0.39, 0.29) is 40.5 Å². The van der Waals surface area contributed by atoms with Crippen molar-refractivity contribution in [3.63, 3.8) is 0 Å². The van der Waals surface area contributed by atoms with Gasteiger partial charge < -0.3 is 19.7 Å². The molecule has 252 valence electrons. The van der Waals surface area contributed by atoms with E-state index in [2.05, 4.69) is 5.32 Å². The van der Waals surface area contributed by atoms with Crippen LogP contribution >= 0.6 is 11.6 Å². The van der Waals surface area contributed by atoms with Gasteiger partial charge >= 0.3 is 0 Å². The van der Waals surface area contributed by atoms with E-state index in [1.165, 1.54) is 56.4 Å². The van der Waals surface area contributed by atoms with Gasteiger partial charge in [-0.3, -0.25) is 24.0 Å². The summed E-state index contributed by atoms with van der Waals surface area (Å²) in [6.07, 6.45) is 4.78. The molecule has 1 N–H and O–H groups in total. The Bertz CT molecular complexity index is 1710. The van der Waals surface area contributed by atoms with E-state index in [4.69, 9.17) is 21.1 Å². The summed E-state index contributed by atoms with van der Waals surface area (Å²) >= 11 is 6.29. The van der Waals surface area contributed by atoms with Crippen LogP contribution in [-0.4, -0.2) is 62.9 Å². The number of hydrogen-bond acceptors (Lipinski definition) is 8. The molecule has 47 heavy (non-hydrogen) atoms. The highest BCUT2D eigenvalue weighted by Crippen LogP contribution is 2.36. The number of ether oxygens (including phenoxy) is 2. The predicted molar refractivity (Wildman–Crippen MR) is 178 cm³/mol. The molecule has 0 aliphatic heterocycles. The first-order valence-electron chi connectivity index (χ1n) is 15.2. The summed E-state index contributed by atoms with van der Waals surface area (Å²) in [5.74, 6) is -0.355. The number of methoxy groups -OCH3 is 2. The minimum Gasteiger partial charge on any atom is -0.497 e. The minimum absolute atomic E-state index is 0.0124. The summed E-state index contributed by atoms with van der Waals surface area (Å²) < 4.78 is 40.1. The van der Waals surface area contributed by atoms with E-state index in [9.17, 15) is 28.1 Å². The van der Waals surface area contributed by atoms with Crippen molar-refractivity contribution in [1.29, 1.82) is 0 Å². The van der Waals surface area contributed by atoms with Gasteiger partial charge in [0.25, 0.3) is 15.7 Å². The second-order valence-electron chi connectivity index (χ2n) is 11.4. The third-order valence-electron chi connectivity index (χ3n) is 8.28. The van der Waals surface area contributed by atoms with Crippen LogP contribution in [-0.2, 0) is 26.2 Å². The van der Waals surface area contributed by atoms with Gasteiger partial charge in [-0.05, 0) is 68.7 Å². The molecule has 0 heterocycles. The maximum Gasteiger partial charge on any atom is 0.273 e. The van der Waals surface area contributed by atoms with Gasteiger partial charge in [0.2, 0.25) is 11.8 Å². The second-order valence-corrected chi connectivity index (χ2v) is 13.7. The third kappa shape index (κ3) is 8.52. The number of rotatable bonds is 13. The van der Waals surface area contributed by atoms with Crippen LogP contribution in [0.3, 0.4) is 0 Å². The van der Waals surface area contributed by atoms with Crippen LogP contribution in [0.25, 0.3) is 0 Å². The normalized spacial score (nSPS) is 14.1. The molecule has 4 rings (SSSR count). The average Bonchev–Trinajstić information content (AvgIpc) is 3.06. The highest BCUT2D eigenvalue weighted by Gasteiger charge is 2.35. The van der Waals surface area contributed by atoms with Crippen molar-refractivity contribution in [3.8, 4) is 11.5 Å². The molecule has 0 spiro atoms. The van der Waals surface area contributed by atoms with Gasteiger partial charge in [-0.15, -0.1) is 0 Å². The number of nitrogens with one attached hydrogen (secondary N) is 1. The number of sulfonamides is 1. The molecule has 3 aromatic rings. The Morgan fingerprint density at radius 2 is 1.70 bits per heavy atom. The largest absolute Gasteiger partial charge is 0.497 e. The van der Waals surface area contributed by atoms with Gasteiger partial charge in [-0.1, -0.05) is 49.1 Å². The quantitative estimate of drug-likeness (QED) is 0.180. The van der Waals surface area contributed by atoms with Gasteiger partial charge in [0, 0.05) is 29.2 Å². The van der Waals surface area contributed by atoms with Crippen molar-refractivity contribution >= 4 is 44.8 Å². The smallest absolute Gasteiger partial charge is 0.273 e. The van der Waals surface area contributed by atoms with Gasteiger partial charge in [-0.25, -0.2) is 8.42 Å². The number of nitrogens with zero attached hydrogens (tertiary/aromatic N) is 3. The predicted octanol–water partition coefficient (Wildman–Crippen LogP) is 5.64. The summed E-state index contributed by atoms with van der Waals surface area (Å²) in [4.78, 5) is 39.8. The van der Waals surface area contributed by atoms with E-state index in [0.29, 0.717) is 11.3 Å². The topological polar surface area (TPSA) is 148 Å². The molecule has 0 radical (unpaired) electrons. The molecular weight excluding hydrogens is 648 g/mol. The molecule has 1 saturated carbocycles. The number of nitro benzene ring substituents is 1. The molecule has 2 amide bonds. The van der Waals surface area contributed by atoms with Crippen molar-refractivity contribution in [2.75, 3.05) is 25.1 Å². The molecule has 14 heteroatoms. The Kier molecular flexibility index (Phi) is 11.7. The van der Waals surface area contributed by atoms with Gasteiger partial charge in [0.1, 0.15) is 24.1 Å². The van der Waals surface area contributed by atoms with Crippen LogP contribution in [0.15, 0.2) is 65.6 Å². The fourth-order valence-electron chi connectivity index (χ4n) is 5.52. The maximum absolute atomic E-state index is 14.3. The fourth-order valence-corrected chi connectivity index (χ4v) is 7.13. The van der Waals surface area contributed by atoms with Gasteiger partial charge in [0.05, 0.1) is 29.7 Å². The number of hydrogen-bond donors (Lipinski definition) is 1. The van der Waals surface area contributed by atoms with Crippen LogP contribution in [0, 0.1) is 17.0 Å². The zero-order valence-electron chi connectivity index (χ0n) is 26.8. The number of halogens is 1. The van der Waals surface area contributed by atoms with Crippen LogP contribution < -0.4 is 19.1 Å². The highest BCUT2D eigenvalue weighted by atomic mass is 35.5. The van der Waals surface area contributed by atoms with E-state index in [1.807, 2.05) is 0 Å². The number of aryl methyl sites for hydroxylation is 1. The molecule has 12 nitrogen and oxygen atoms in total. The molecule has 0 aromatic heterocycles. The van der Waals surface area contributed by atoms with Crippen LogP contribution in [0.4, 0.5) is 11.4 Å². The van der Waals surface area contributed by atoms with Gasteiger partial charge in [-0.2, -0.15) is 0 Å². The fraction of sp³-hybridized carbons (Fsp3) is 0.394. The summed E-state index contributed by atoms with van der Waals surface area (Å²) in [6.45, 7) is 2.31. The summed E-state index contributed by atoms with van der Waals surface area (Å²) in [6, 6.07) is 13.8. The molecule has 0 saturated heterocycles. The Hall–Kier alpha value is -4.36. The molecule has 1 fully saturated rings. The molecule has 0 bridgehead atoms. The monoisotopic (exact) mass is 686 g/mol. The van der Waals surface area contributed by atoms with E-state index in [0.717, 1.165) is 42.5 Å². The molecule has 0 unspecified atom stereocenters. The summed E-state index contributed by atoms with van der Waals surface area (Å²) in [5.41, 5.74) is 0.491. The lowest BCUT2D eigenvalue weighted by Crippen LogP contribution is -2.53. The van der Waals surface area contributed by atoms with Crippen LogP contribution in [0.2, 0.25) is 5.02 Å². The molecule has 1 aliphatic carbocycles. The number of amides is 2. The van der Waals surface area contributed by atoms with Crippen molar-refractivity contribution in [2.45, 2.75) is 69.5 Å². The Morgan fingerprint density at radius 1 is 1.02 bits per heavy atom. The number of nitro groups is 1. The average molecular weight is 687 g/mol. The summed E-state index contributed by atoms with van der Waals surface area (Å²) in [7, 11) is -1.76. The number of carbonyl (C=O) groups is 2. The Balaban J connectivity index is 1.77. The lowest BCUT2D eigenvalue weighted by molar-refractivity contribution is -0.385. The number of benzene rings is 3. The highest BCUT2D eigenvalue weighted by molar-refractivity contribution is 7.92. The van der Waals surface area contributed by atoms with Crippen LogP contribution in [0.1, 0.15) is 50.2 Å². The zero-order chi connectivity index (χ0) is 34.3. The standard InChI is InChI=1S/C33H39ClN4O8S/c1-22-10-16-28(19-29(22)38(41)42)47(43,44)37(30-18-25(34)13-17-31(30)46-4)21-32(39)36(20-24-11-14-27(45-3)15-12-24)23(2)33(40)35-26-8-6-5-7-9-26/h10-19,23,26H,5-9,20-21H2,1-4H3,(H,35,40)/t23-/m1/s1. The van der Waals surface area contributed by atoms with E-state index in [1.54, 1.807) is 31.2 Å². The Labute approximate surface area is 279 Å². The SMILES string of the molecule is COc1ccc(CN(C(=O)CN(c2cc(Cl)ccc2OC)S(=O)(=O)c2ccc(C)c([N+](=O)[O-])c2)[C@H](C)C(=O)NC2CCCCC2)cc1. The van der Waals surface area contributed by atoms with E-state index < -0.39 is 44.0 Å². The molecular formula is C33H39ClN4O8S. The molecule has 3 aromatic carbocycles. The second kappa shape index (κ2) is 15.5. The minimum atomic E-state index is -4.63.